The average molecular weight is 371 g/mol. The second kappa shape index (κ2) is 8.11. The fourth-order valence-corrected chi connectivity index (χ4v) is 2.94. The molecule has 0 saturated carbocycles. The largest absolute Gasteiger partial charge is 0.347 e. The lowest BCUT2D eigenvalue weighted by Crippen LogP contribution is -2.48. The molecule has 0 bridgehead atoms. The number of aryl methyl sites for hydroxylation is 1. The summed E-state index contributed by atoms with van der Waals surface area (Å²) in [5, 5.41) is 2.69. The second-order valence-electron chi connectivity index (χ2n) is 6.46. The number of nitrogens with zero attached hydrogens (tertiary/aromatic N) is 4. The van der Waals surface area contributed by atoms with Gasteiger partial charge in [-0.05, 0) is 19.1 Å². The Kier molecular flexibility index (Phi) is 5.63. The van der Waals surface area contributed by atoms with E-state index in [1.165, 1.54) is 6.07 Å². The molecule has 0 atom stereocenters. The molecule has 1 fully saturated rings. The molecule has 2 heterocycles. The van der Waals surface area contributed by atoms with E-state index >= 15 is 0 Å². The summed E-state index contributed by atoms with van der Waals surface area (Å²) in [7, 11) is 0. The van der Waals surface area contributed by atoms with Crippen molar-refractivity contribution in [2.75, 3.05) is 31.1 Å². The van der Waals surface area contributed by atoms with Gasteiger partial charge in [-0.15, -0.1) is 0 Å². The van der Waals surface area contributed by atoms with Gasteiger partial charge in [0.05, 0.1) is 0 Å². The minimum atomic E-state index is -0.382. The standard InChI is InChI=1S/C19H22FN5O2/c1-13-11-17(18(27)21-12-15-5-3-4-6-16(15)20)23-19(22-13)25-9-7-24(8-10-25)14(2)26/h3-6,11H,7-10,12H2,1-2H3,(H,21,27). The molecule has 142 valence electrons. The van der Waals surface area contributed by atoms with E-state index in [-0.39, 0.29) is 29.9 Å². The smallest absolute Gasteiger partial charge is 0.270 e. The molecule has 1 N–H and O–H groups in total. The van der Waals surface area contributed by atoms with Crippen LogP contribution in [-0.2, 0) is 11.3 Å². The van der Waals surface area contributed by atoms with Gasteiger partial charge in [0.2, 0.25) is 11.9 Å². The van der Waals surface area contributed by atoms with Crippen molar-refractivity contribution in [1.29, 1.82) is 0 Å². The summed E-state index contributed by atoms with van der Waals surface area (Å²) in [5.41, 5.74) is 1.32. The van der Waals surface area contributed by atoms with E-state index in [9.17, 15) is 14.0 Å². The summed E-state index contributed by atoms with van der Waals surface area (Å²) in [6.45, 7) is 5.85. The molecular formula is C19H22FN5O2. The molecule has 0 spiro atoms. The van der Waals surface area contributed by atoms with Crippen LogP contribution < -0.4 is 10.2 Å². The zero-order chi connectivity index (χ0) is 19.4. The van der Waals surface area contributed by atoms with Crippen molar-refractivity contribution < 1.29 is 14.0 Å². The molecular weight excluding hydrogens is 349 g/mol. The summed E-state index contributed by atoms with van der Waals surface area (Å²) in [6.07, 6.45) is 0. The van der Waals surface area contributed by atoms with Crippen molar-refractivity contribution in [3.8, 4) is 0 Å². The topological polar surface area (TPSA) is 78.4 Å². The maximum absolute atomic E-state index is 13.7. The molecule has 8 heteroatoms. The van der Waals surface area contributed by atoms with Gasteiger partial charge in [-0.25, -0.2) is 14.4 Å². The van der Waals surface area contributed by atoms with Crippen LogP contribution in [0.25, 0.3) is 0 Å². The van der Waals surface area contributed by atoms with Crippen LogP contribution in [-0.4, -0.2) is 52.9 Å². The van der Waals surface area contributed by atoms with E-state index in [4.69, 9.17) is 0 Å². The average Bonchev–Trinajstić information content (AvgIpc) is 2.66. The van der Waals surface area contributed by atoms with Gasteiger partial charge in [-0.3, -0.25) is 9.59 Å². The molecule has 0 radical (unpaired) electrons. The highest BCUT2D eigenvalue weighted by Crippen LogP contribution is 2.14. The van der Waals surface area contributed by atoms with Crippen molar-refractivity contribution in [3.05, 3.63) is 53.1 Å². The number of piperazine rings is 1. The van der Waals surface area contributed by atoms with Crippen LogP contribution in [0.3, 0.4) is 0 Å². The zero-order valence-corrected chi connectivity index (χ0v) is 15.4. The first-order valence-electron chi connectivity index (χ1n) is 8.82. The van der Waals surface area contributed by atoms with Crippen molar-refractivity contribution in [2.45, 2.75) is 20.4 Å². The fraction of sp³-hybridized carbons (Fsp3) is 0.368. The first-order chi connectivity index (χ1) is 12.9. The quantitative estimate of drug-likeness (QED) is 0.882. The van der Waals surface area contributed by atoms with Crippen LogP contribution in [0.5, 0.6) is 0 Å². The van der Waals surface area contributed by atoms with E-state index in [1.54, 1.807) is 43.0 Å². The van der Waals surface area contributed by atoms with Crippen LogP contribution in [0, 0.1) is 12.7 Å². The van der Waals surface area contributed by atoms with Crippen molar-refractivity contribution in [3.63, 3.8) is 0 Å². The third-order valence-corrected chi connectivity index (χ3v) is 4.48. The highest BCUT2D eigenvalue weighted by molar-refractivity contribution is 5.92. The fourth-order valence-electron chi connectivity index (χ4n) is 2.94. The first kappa shape index (κ1) is 18.8. The summed E-state index contributed by atoms with van der Waals surface area (Å²) < 4.78 is 13.7. The third-order valence-electron chi connectivity index (χ3n) is 4.48. The van der Waals surface area contributed by atoms with Gasteiger partial charge >= 0.3 is 0 Å². The Morgan fingerprint density at radius 3 is 2.52 bits per heavy atom. The van der Waals surface area contributed by atoms with E-state index < -0.39 is 0 Å². The number of amides is 2. The number of hydrogen-bond acceptors (Lipinski definition) is 5. The van der Waals surface area contributed by atoms with Crippen LogP contribution in [0.15, 0.2) is 30.3 Å². The molecule has 2 aromatic rings. The minimum Gasteiger partial charge on any atom is -0.347 e. The Morgan fingerprint density at radius 2 is 1.85 bits per heavy atom. The second-order valence-corrected chi connectivity index (χ2v) is 6.46. The van der Waals surface area contributed by atoms with Gasteiger partial charge in [0.15, 0.2) is 0 Å². The number of nitrogens with one attached hydrogen (secondary N) is 1. The summed E-state index contributed by atoms with van der Waals surface area (Å²) in [5.74, 6) is -0.227. The lowest BCUT2D eigenvalue weighted by molar-refractivity contribution is -0.129. The highest BCUT2D eigenvalue weighted by atomic mass is 19.1. The molecule has 1 aromatic carbocycles. The van der Waals surface area contributed by atoms with E-state index in [0.717, 1.165) is 0 Å². The maximum atomic E-state index is 13.7. The molecule has 27 heavy (non-hydrogen) atoms. The number of aromatic nitrogens is 2. The molecule has 1 aliphatic rings. The molecule has 1 aliphatic heterocycles. The number of halogens is 1. The SMILES string of the molecule is CC(=O)N1CCN(c2nc(C)cc(C(=O)NCc3ccccc3F)n2)CC1. The van der Waals surface area contributed by atoms with Crippen molar-refractivity contribution in [1.82, 2.24) is 20.2 Å². The third kappa shape index (κ3) is 4.58. The zero-order valence-electron chi connectivity index (χ0n) is 15.4. The number of anilines is 1. The number of benzene rings is 1. The predicted octanol–water partition coefficient (Wildman–Crippen LogP) is 1.52. The van der Waals surface area contributed by atoms with Gasteiger partial charge in [0.25, 0.3) is 5.91 Å². The van der Waals surface area contributed by atoms with Gasteiger partial charge in [-0.1, -0.05) is 18.2 Å². The van der Waals surface area contributed by atoms with Crippen molar-refractivity contribution >= 4 is 17.8 Å². The number of carbonyl (C=O) groups excluding carboxylic acids is 2. The molecule has 1 saturated heterocycles. The minimum absolute atomic E-state index is 0.0491. The Hall–Kier alpha value is -3.03. The maximum Gasteiger partial charge on any atom is 0.270 e. The molecule has 1 aromatic heterocycles. The summed E-state index contributed by atoms with van der Waals surface area (Å²) >= 11 is 0. The van der Waals surface area contributed by atoms with Crippen LogP contribution in [0.1, 0.15) is 28.7 Å². The summed E-state index contributed by atoms with van der Waals surface area (Å²) in [6, 6.07) is 7.91. The van der Waals surface area contributed by atoms with E-state index in [0.29, 0.717) is 43.4 Å². The lowest BCUT2D eigenvalue weighted by Gasteiger charge is -2.34. The molecule has 0 aliphatic carbocycles. The predicted molar refractivity (Wildman–Crippen MR) is 98.8 cm³/mol. The van der Waals surface area contributed by atoms with E-state index in [1.807, 2.05) is 4.90 Å². The molecule has 3 rings (SSSR count). The Morgan fingerprint density at radius 1 is 1.15 bits per heavy atom. The molecule has 0 unspecified atom stereocenters. The van der Waals surface area contributed by atoms with Crippen LogP contribution in [0.2, 0.25) is 0 Å². The number of rotatable bonds is 4. The Labute approximate surface area is 157 Å². The molecule has 7 nitrogen and oxygen atoms in total. The van der Waals surface area contributed by atoms with Gasteiger partial charge in [-0.2, -0.15) is 0 Å². The van der Waals surface area contributed by atoms with E-state index in [2.05, 4.69) is 15.3 Å². The van der Waals surface area contributed by atoms with Crippen LogP contribution in [0.4, 0.5) is 10.3 Å². The monoisotopic (exact) mass is 371 g/mol. The van der Waals surface area contributed by atoms with Crippen LogP contribution >= 0.6 is 0 Å². The Bertz CT molecular complexity index is 850. The highest BCUT2D eigenvalue weighted by Gasteiger charge is 2.22. The lowest BCUT2D eigenvalue weighted by atomic mass is 10.2. The number of carbonyl (C=O) groups is 2. The molecule has 2 amide bonds. The first-order valence-corrected chi connectivity index (χ1v) is 8.82. The van der Waals surface area contributed by atoms with Gasteiger partial charge < -0.3 is 15.1 Å². The van der Waals surface area contributed by atoms with Crippen molar-refractivity contribution in [2.24, 2.45) is 0 Å². The normalized spacial score (nSPS) is 14.2. The summed E-state index contributed by atoms with van der Waals surface area (Å²) in [4.78, 5) is 36.4. The van der Waals surface area contributed by atoms with Gasteiger partial charge in [0.1, 0.15) is 11.5 Å². The Balaban J connectivity index is 1.69. The van der Waals surface area contributed by atoms with Gasteiger partial charge in [0, 0.05) is 50.9 Å². The number of hydrogen-bond donors (Lipinski definition) is 1.